The Kier molecular flexibility index (Phi) is 6.57. The van der Waals surface area contributed by atoms with Gasteiger partial charge in [0.2, 0.25) is 0 Å². The molecule has 84 valence electrons. The van der Waals surface area contributed by atoms with Crippen molar-refractivity contribution in [3.63, 3.8) is 0 Å². The van der Waals surface area contributed by atoms with E-state index in [1.54, 1.807) is 0 Å². The van der Waals surface area contributed by atoms with Gasteiger partial charge in [-0.05, 0) is 45.2 Å². The van der Waals surface area contributed by atoms with Gasteiger partial charge in [-0.2, -0.15) is 0 Å². The van der Waals surface area contributed by atoms with Gasteiger partial charge in [-0.1, -0.05) is 0 Å². The van der Waals surface area contributed by atoms with Crippen LogP contribution in [0.5, 0.6) is 0 Å². The van der Waals surface area contributed by atoms with E-state index in [-0.39, 0.29) is 0 Å². The number of halogens is 1. The standard InChI is InChI=1S/C11H22ClNO/c1-2-14-9-3-6-13-7-4-11(10-12)5-8-13/h11H,2-10H2,1H3. The van der Waals surface area contributed by atoms with Crippen LogP contribution in [0, 0.1) is 5.92 Å². The Bertz CT molecular complexity index is 135. The summed E-state index contributed by atoms with van der Waals surface area (Å²) in [5.74, 6) is 1.60. The van der Waals surface area contributed by atoms with E-state index in [0.717, 1.165) is 25.0 Å². The Hall–Kier alpha value is 0.210. The lowest BCUT2D eigenvalue weighted by molar-refractivity contribution is 0.122. The highest BCUT2D eigenvalue weighted by atomic mass is 35.5. The molecule has 0 saturated carbocycles. The number of piperidine rings is 1. The maximum atomic E-state index is 5.84. The first kappa shape index (κ1) is 12.3. The van der Waals surface area contributed by atoms with Crippen molar-refractivity contribution < 1.29 is 4.74 Å². The predicted molar refractivity (Wildman–Crippen MR) is 61.0 cm³/mol. The van der Waals surface area contributed by atoms with Crippen LogP contribution in [0.4, 0.5) is 0 Å². The smallest absolute Gasteiger partial charge is 0.0478 e. The molecule has 0 N–H and O–H groups in total. The van der Waals surface area contributed by atoms with Gasteiger partial charge in [0.05, 0.1) is 0 Å². The molecular weight excluding hydrogens is 198 g/mol. The molecule has 0 spiro atoms. The van der Waals surface area contributed by atoms with Gasteiger partial charge in [-0.3, -0.25) is 0 Å². The van der Waals surface area contributed by atoms with Gasteiger partial charge in [0, 0.05) is 25.6 Å². The zero-order valence-electron chi connectivity index (χ0n) is 9.17. The van der Waals surface area contributed by atoms with Crippen LogP contribution in [-0.4, -0.2) is 43.6 Å². The molecule has 0 aliphatic carbocycles. The molecule has 0 aromatic rings. The third-order valence-electron chi connectivity index (χ3n) is 2.89. The summed E-state index contributed by atoms with van der Waals surface area (Å²) in [7, 11) is 0. The molecule has 0 unspecified atom stereocenters. The van der Waals surface area contributed by atoms with E-state index in [1.807, 2.05) is 6.92 Å². The molecule has 14 heavy (non-hydrogen) atoms. The van der Waals surface area contributed by atoms with Gasteiger partial charge in [-0.15, -0.1) is 11.6 Å². The van der Waals surface area contributed by atoms with Crippen molar-refractivity contribution in [3.05, 3.63) is 0 Å². The van der Waals surface area contributed by atoms with Crippen LogP contribution in [0.2, 0.25) is 0 Å². The maximum Gasteiger partial charge on any atom is 0.0478 e. The lowest BCUT2D eigenvalue weighted by Gasteiger charge is -2.30. The van der Waals surface area contributed by atoms with Crippen LogP contribution in [0.15, 0.2) is 0 Å². The average molecular weight is 220 g/mol. The number of ether oxygens (including phenoxy) is 1. The van der Waals surface area contributed by atoms with Crippen molar-refractivity contribution in [2.45, 2.75) is 26.2 Å². The van der Waals surface area contributed by atoms with Gasteiger partial charge in [0.25, 0.3) is 0 Å². The zero-order chi connectivity index (χ0) is 10.2. The molecule has 0 bridgehead atoms. The van der Waals surface area contributed by atoms with E-state index in [2.05, 4.69) is 4.90 Å². The molecule has 1 aliphatic rings. The van der Waals surface area contributed by atoms with Gasteiger partial charge < -0.3 is 9.64 Å². The lowest BCUT2D eigenvalue weighted by Crippen LogP contribution is -2.35. The molecule has 0 aromatic carbocycles. The monoisotopic (exact) mass is 219 g/mol. The Morgan fingerprint density at radius 1 is 1.36 bits per heavy atom. The number of rotatable bonds is 6. The third-order valence-corrected chi connectivity index (χ3v) is 3.33. The molecule has 1 saturated heterocycles. The van der Waals surface area contributed by atoms with E-state index in [9.17, 15) is 0 Å². The fourth-order valence-electron chi connectivity index (χ4n) is 1.90. The van der Waals surface area contributed by atoms with Gasteiger partial charge in [0.15, 0.2) is 0 Å². The SMILES string of the molecule is CCOCCCN1CCC(CCl)CC1. The van der Waals surface area contributed by atoms with E-state index in [4.69, 9.17) is 16.3 Å². The van der Waals surface area contributed by atoms with Crippen LogP contribution < -0.4 is 0 Å². The topological polar surface area (TPSA) is 12.5 Å². The summed E-state index contributed by atoms with van der Waals surface area (Å²) in [4.78, 5) is 2.53. The van der Waals surface area contributed by atoms with Crippen molar-refractivity contribution >= 4 is 11.6 Å². The highest BCUT2D eigenvalue weighted by Crippen LogP contribution is 2.18. The Morgan fingerprint density at radius 2 is 2.07 bits per heavy atom. The lowest BCUT2D eigenvalue weighted by atomic mass is 9.99. The summed E-state index contributed by atoms with van der Waals surface area (Å²) >= 11 is 5.84. The quantitative estimate of drug-likeness (QED) is 0.503. The molecule has 3 heteroatoms. The molecular formula is C11H22ClNO. The summed E-state index contributed by atoms with van der Waals surface area (Å²) in [6, 6.07) is 0. The fraction of sp³-hybridized carbons (Fsp3) is 1.00. The number of nitrogens with zero attached hydrogens (tertiary/aromatic N) is 1. The summed E-state index contributed by atoms with van der Waals surface area (Å²) in [6.45, 7) is 7.44. The summed E-state index contributed by atoms with van der Waals surface area (Å²) in [6.07, 6.45) is 3.72. The van der Waals surface area contributed by atoms with E-state index in [1.165, 1.54) is 38.9 Å². The van der Waals surface area contributed by atoms with Crippen LogP contribution in [0.1, 0.15) is 26.2 Å². The van der Waals surface area contributed by atoms with Crippen LogP contribution >= 0.6 is 11.6 Å². The van der Waals surface area contributed by atoms with Crippen LogP contribution in [0.3, 0.4) is 0 Å². The van der Waals surface area contributed by atoms with Crippen molar-refractivity contribution in [1.82, 2.24) is 4.90 Å². The second kappa shape index (κ2) is 7.49. The van der Waals surface area contributed by atoms with Crippen LogP contribution in [0.25, 0.3) is 0 Å². The molecule has 1 heterocycles. The number of likely N-dealkylation sites (tertiary alicyclic amines) is 1. The van der Waals surface area contributed by atoms with Gasteiger partial charge >= 0.3 is 0 Å². The minimum absolute atomic E-state index is 0.764. The van der Waals surface area contributed by atoms with Crippen LogP contribution in [-0.2, 0) is 4.74 Å². The number of alkyl halides is 1. The van der Waals surface area contributed by atoms with Gasteiger partial charge in [-0.25, -0.2) is 0 Å². The van der Waals surface area contributed by atoms with Crippen molar-refractivity contribution in [1.29, 1.82) is 0 Å². The fourth-order valence-corrected chi connectivity index (χ4v) is 2.21. The van der Waals surface area contributed by atoms with E-state index in [0.29, 0.717) is 0 Å². The largest absolute Gasteiger partial charge is 0.382 e. The molecule has 1 rings (SSSR count). The van der Waals surface area contributed by atoms with Crippen molar-refractivity contribution in [2.75, 3.05) is 38.7 Å². The molecule has 0 atom stereocenters. The summed E-state index contributed by atoms with van der Waals surface area (Å²) in [5, 5.41) is 0. The molecule has 0 aromatic heterocycles. The number of hydrogen-bond acceptors (Lipinski definition) is 2. The first-order chi connectivity index (χ1) is 6.86. The molecule has 0 radical (unpaired) electrons. The molecule has 1 fully saturated rings. The highest BCUT2D eigenvalue weighted by molar-refractivity contribution is 6.18. The first-order valence-electron chi connectivity index (χ1n) is 5.73. The van der Waals surface area contributed by atoms with E-state index < -0.39 is 0 Å². The van der Waals surface area contributed by atoms with E-state index >= 15 is 0 Å². The van der Waals surface area contributed by atoms with Crippen molar-refractivity contribution in [2.24, 2.45) is 5.92 Å². The molecule has 0 amide bonds. The Balaban J connectivity index is 1.98. The average Bonchev–Trinajstić information content (AvgIpc) is 2.25. The predicted octanol–water partition coefficient (Wildman–Crippen LogP) is 2.36. The molecule has 2 nitrogen and oxygen atoms in total. The third kappa shape index (κ3) is 4.63. The summed E-state index contributed by atoms with van der Waals surface area (Å²) < 4.78 is 5.32. The first-order valence-corrected chi connectivity index (χ1v) is 6.26. The Morgan fingerprint density at radius 3 is 2.64 bits per heavy atom. The second-order valence-corrected chi connectivity index (χ2v) is 4.30. The molecule has 1 aliphatic heterocycles. The highest BCUT2D eigenvalue weighted by Gasteiger charge is 2.17. The minimum atomic E-state index is 0.764. The zero-order valence-corrected chi connectivity index (χ0v) is 9.93. The maximum absolute atomic E-state index is 5.84. The van der Waals surface area contributed by atoms with Crippen molar-refractivity contribution in [3.8, 4) is 0 Å². The second-order valence-electron chi connectivity index (χ2n) is 3.99. The normalized spacial score (nSPS) is 20.1. The minimum Gasteiger partial charge on any atom is -0.382 e. The summed E-state index contributed by atoms with van der Waals surface area (Å²) in [5.41, 5.74) is 0. The Labute approximate surface area is 92.6 Å². The van der Waals surface area contributed by atoms with Gasteiger partial charge in [0.1, 0.15) is 0 Å². The number of hydrogen-bond donors (Lipinski definition) is 0.